The fourth-order valence-electron chi connectivity index (χ4n) is 3.11. The normalized spacial score (nSPS) is 12.9. The van der Waals surface area contributed by atoms with Crippen molar-refractivity contribution in [1.82, 2.24) is 5.32 Å². The van der Waals surface area contributed by atoms with Gasteiger partial charge in [-0.2, -0.15) is 0 Å². The predicted octanol–water partition coefficient (Wildman–Crippen LogP) is 5.07. The van der Waals surface area contributed by atoms with Crippen LogP contribution in [0.25, 0.3) is 0 Å². The lowest BCUT2D eigenvalue weighted by molar-refractivity contribution is 0.434. The molecule has 1 N–H and O–H groups in total. The number of aryl methyl sites for hydroxylation is 3. The highest BCUT2D eigenvalue weighted by Crippen LogP contribution is 2.30. The van der Waals surface area contributed by atoms with Gasteiger partial charge in [-0.1, -0.05) is 53.7 Å². The second-order valence-corrected chi connectivity index (χ2v) is 6.13. The maximum atomic E-state index is 3.72. The molecule has 1 unspecified atom stereocenters. The van der Waals surface area contributed by atoms with Crippen molar-refractivity contribution in [2.75, 3.05) is 6.54 Å². The first-order valence-electron chi connectivity index (χ1n) is 8.45. The number of nitrogens with one attached hydrogen (secondary N) is 1. The molecule has 0 aliphatic carbocycles. The average Bonchev–Trinajstić information content (AvgIpc) is 2.44. The van der Waals surface area contributed by atoms with Gasteiger partial charge in [0, 0.05) is 6.04 Å². The molecule has 0 saturated carbocycles. The Bertz CT molecular complexity index is 381. The summed E-state index contributed by atoms with van der Waals surface area (Å²) in [5.41, 5.74) is 6.17. The molecule has 0 radical (unpaired) electrons. The maximum Gasteiger partial charge on any atom is 0.0328 e. The second kappa shape index (κ2) is 8.46. The Morgan fingerprint density at radius 3 is 1.80 bits per heavy atom. The molecule has 0 spiro atoms. The van der Waals surface area contributed by atoms with E-state index in [-0.39, 0.29) is 0 Å². The summed E-state index contributed by atoms with van der Waals surface area (Å²) in [5, 5.41) is 3.72. The van der Waals surface area contributed by atoms with E-state index in [2.05, 4.69) is 59.0 Å². The molecule has 1 rings (SSSR count). The summed E-state index contributed by atoms with van der Waals surface area (Å²) in [7, 11) is 0. The highest BCUT2D eigenvalue weighted by molar-refractivity contribution is 5.42. The SMILES string of the molecule is CCNC(CC(C)C)c1c(CC)cc(CC)cc1CC. The van der Waals surface area contributed by atoms with Crippen LogP contribution in [0.4, 0.5) is 0 Å². The fourth-order valence-corrected chi connectivity index (χ4v) is 3.11. The minimum absolute atomic E-state index is 0.510. The van der Waals surface area contributed by atoms with Gasteiger partial charge >= 0.3 is 0 Å². The van der Waals surface area contributed by atoms with Crippen molar-refractivity contribution in [1.29, 1.82) is 0 Å². The van der Waals surface area contributed by atoms with Crippen LogP contribution in [0.3, 0.4) is 0 Å². The van der Waals surface area contributed by atoms with Gasteiger partial charge in [0.2, 0.25) is 0 Å². The highest BCUT2D eigenvalue weighted by atomic mass is 14.9. The van der Waals surface area contributed by atoms with Crippen molar-refractivity contribution < 1.29 is 0 Å². The zero-order valence-electron chi connectivity index (χ0n) is 14.3. The first kappa shape index (κ1) is 17.2. The monoisotopic (exact) mass is 275 g/mol. The molecule has 1 nitrogen and oxygen atoms in total. The molecule has 1 heteroatoms. The standard InChI is InChI=1S/C19H33N/c1-7-15-12-16(8-2)19(17(9-3)13-15)18(20-10-4)11-14(5)6/h12-14,18,20H,7-11H2,1-6H3. The van der Waals surface area contributed by atoms with Crippen molar-refractivity contribution in [2.45, 2.75) is 73.3 Å². The van der Waals surface area contributed by atoms with Crippen molar-refractivity contribution in [2.24, 2.45) is 5.92 Å². The number of hydrogen-bond donors (Lipinski definition) is 1. The molecule has 20 heavy (non-hydrogen) atoms. The van der Waals surface area contributed by atoms with E-state index in [0.717, 1.165) is 31.7 Å². The molecule has 0 aromatic heterocycles. The van der Waals surface area contributed by atoms with Gasteiger partial charge < -0.3 is 5.32 Å². The van der Waals surface area contributed by atoms with Crippen LogP contribution in [0.2, 0.25) is 0 Å². The van der Waals surface area contributed by atoms with Crippen molar-refractivity contribution in [3.63, 3.8) is 0 Å². The van der Waals surface area contributed by atoms with Crippen LogP contribution >= 0.6 is 0 Å². The maximum absolute atomic E-state index is 3.72. The van der Waals surface area contributed by atoms with E-state index < -0.39 is 0 Å². The lowest BCUT2D eigenvalue weighted by Gasteiger charge is -2.26. The zero-order valence-corrected chi connectivity index (χ0v) is 14.3. The van der Waals surface area contributed by atoms with Crippen LogP contribution in [0.15, 0.2) is 12.1 Å². The van der Waals surface area contributed by atoms with Gasteiger partial charge in [0.25, 0.3) is 0 Å². The zero-order chi connectivity index (χ0) is 15.1. The number of rotatable bonds is 8. The van der Waals surface area contributed by atoms with E-state index in [1.165, 1.54) is 12.0 Å². The van der Waals surface area contributed by atoms with Gasteiger partial charge in [-0.3, -0.25) is 0 Å². The Morgan fingerprint density at radius 1 is 0.900 bits per heavy atom. The third kappa shape index (κ3) is 4.34. The third-order valence-electron chi connectivity index (χ3n) is 4.09. The summed E-state index contributed by atoms with van der Waals surface area (Å²) in [6, 6.07) is 5.37. The fraction of sp³-hybridized carbons (Fsp3) is 0.684. The smallest absolute Gasteiger partial charge is 0.0328 e. The Hall–Kier alpha value is -0.820. The molecule has 0 heterocycles. The third-order valence-corrected chi connectivity index (χ3v) is 4.09. The molecule has 1 aromatic carbocycles. The molecule has 1 atom stereocenters. The van der Waals surface area contributed by atoms with E-state index in [4.69, 9.17) is 0 Å². The van der Waals surface area contributed by atoms with Gasteiger partial charge in [-0.25, -0.2) is 0 Å². The van der Waals surface area contributed by atoms with Crippen LogP contribution in [0.1, 0.15) is 76.3 Å². The average molecular weight is 275 g/mol. The summed E-state index contributed by atoms with van der Waals surface area (Å²) < 4.78 is 0. The molecular formula is C19H33N. The van der Waals surface area contributed by atoms with E-state index in [1.807, 2.05) is 0 Å². The molecule has 114 valence electrons. The molecule has 0 aliphatic heterocycles. The summed E-state index contributed by atoms with van der Waals surface area (Å²) >= 11 is 0. The molecule has 0 saturated heterocycles. The lowest BCUT2D eigenvalue weighted by atomic mass is 9.86. The molecule has 0 amide bonds. The number of hydrogen-bond acceptors (Lipinski definition) is 1. The van der Waals surface area contributed by atoms with Gasteiger partial charge in [0.1, 0.15) is 0 Å². The van der Waals surface area contributed by atoms with Crippen LogP contribution < -0.4 is 5.32 Å². The van der Waals surface area contributed by atoms with E-state index in [1.54, 1.807) is 16.7 Å². The van der Waals surface area contributed by atoms with Crippen molar-refractivity contribution in [3.8, 4) is 0 Å². The summed E-state index contributed by atoms with van der Waals surface area (Å²) in [5.74, 6) is 0.722. The Kier molecular flexibility index (Phi) is 7.29. The van der Waals surface area contributed by atoms with Gasteiger partial charge in [-0.15, -0.1) is 0 Å². The first-order chi connectivity index (χ1) is 9.57. The first-order valence-corrected chi connectivity index (χ1v) is 8.45. The highest BCUT2D eigenvalue weighted by Gasteiger charge is 2.19. The second-order valence-electron chi connectivity index (χ2n) is 6.13. The van der Waals surface area contributed by atoms with E-state index in [0.29, 0.717) is 6.04 Å². The van der Waals surface area contributed by atoms with E-state index >= 15 is 0 Å². The van der Waals surface area contributed by atoms with Crippen molar-refractivity contribution >= 4 is 0 Å². The van der Waals surface area contributed by atoms with Crippen LogP contribution in [-0.4, -0.2) is 6.54 Å². The van der Waals surface area contributed by atoms with Gasteiger partial charge in [0.15, 0.2) is 0 Å². The van der Waals surface area contributed by atoms with Crippen LogP contribution in [0, 0.1) is 5.92 Å². The summed E-state index contributed by atoms with van der Waals surface area (Å²) in [6.07, 6.45) is 4.63. The number of benzene rings is 1. The Balaban J connectivity index is 3.29. The quantitative estimate of drug-likeness (QED) is 0.698. The summed E-state index contributed by atoms with van der Waals surface area (Å²) in [6.45, 7) is 14.7. The van der Waals surface area contributed by atoms with Crippen LogP contribution in [-0.2, 0) is 19.3 Å². The van der Waals surface area contributed by atoms with Crippen molar-refractivity contribution in [3.05, 3.63) is 34.4 Å². The topological polar surface area (TPSA) is 12.0 Å². The molecule has 1 aromatic rings. The van der Waals surface area contributed by atoms with Gasteiger partial charge in [0.05, 0.1) is 0 Å². The lowest BCUT2D eigenvalue weighted by Crippen LogP contribution is -2.25. The van der Waals surface area contributed by atoms with Crippen LogP contribution in [0.5, 0.6) is 0 Å². The summed E-state index contributed by atoms with van der Waals surface area (Å²) in [4.78, 5) is 0. The molecule has 0 bridgehead atoms. The molecule has 0 aliphatic rings. The Labute approximate surface area is 126 Å². The van der Waals surface area contributed by atoms with Gasteiger partial charge in [-0.05, 0) is 60.4 Å². The molecular weight excluding hydrogens is 242 g/mol. The minimum Gasteiger partial charge on any atom is -0.310 e. The minimum atomic E-state index is 0.510. The predicted molar refractivity (Wildman–Crippen MR) is 90.4 cm³/mol. The van der Waals surface area contributed by atoms with E-state index in [9.17, 15) is 0 Å². The largest absolute Gasteiger partial charge is 0.310 e. The Morgan fingerprint density at radius 2 is 1.45 bits per heavy atom. The molecule has 0 fully saturated rings.